The summed E-state index contributed by atoms with van der Waals surface area (Å²) in [5, 5.41) is 13.2. The van der Waals surface area contributed by atoms with Crippen LogP contribution in [0.25, 0.3) is 6.08 Å². The van der Waals surface area contributed by atoms with E-state index in [1.54, 1.807) is 12.1 Å². The second kappa shape index (κ2) is 22.2. The second-order valence-corrected chi connectivity index (χ2v) is 25.5. The number of carbonyl (C=O) groups excluding carboxylic acids is 1. The fourth-order valence-electron chi connectivity index (χ4n) is 8.96. The Morgan fingerprint density at radius 1 is 0.946 bits per heavy atom. The second-order valence-electron chi connectivity index (χ2n) is 18.3. The number of benzene rings is 2. The number of likely N-dealkylation sites (N-methyl/N-ethyl adjacent to an activating group) is 1. The molecule has 0 radical (unpaired) electrons. The summed E-state index contributed by atoms with van der Waals surface area (Å²) in [4.78, 5) is 78.1. The largest absolute Gasteiger partial charge is 0.744 e. The highest BCUT2D eigenvalue weighted by molar-refractivity contribution is 7.86. The molecule has 0 bridgehead atoms. The lowest BCUT2D eigenvalue weighted by Crippen LogP contribution is -2.33. The maximum absolute atomic E-state index is 12.8. The highest BCUT2D eigenvalue weighted by Crippen LogP contribution is 2.66. The number of hydrogen-bond acceptors (Lipinski definition) is 17. The average Bonchev–Trinajstić information content (AvgIpc) is 3.82. The molecule has 1 fully saturated rings. The van der Waals surface area contributed by atoms with Crippen LogP contribution < -0.4 is 21.5 Å². The number of carbonyl (C=O) groups is 1. The Kier molecular flexibility index (Phi) is 17.6. The molecule has 0 aliphatic carbocycles. The maximum Gasteiger partial charge on any atom is 0.490 e. The number of allylic oxidation sites excluding steroid dienone is 4. The zero-order valence-electron chi connectivity index (χ0n) is 40.3. The third-order valence-electron chi connectivity index (χ3n) is 12.5. The van der Waals surface area contributed by atoms with Gasteiger partial charge in [-0.05, 0) is 75.6 Å². The minimum Gasteiger partial charge on any atom is -0.744 e. The SMILES string of the molecule is CCN1C(=CC=CC2=[N+](CCCCCC(=O)NCC=Cc3cn([C@H]4C[C@H](O)[C@@H](COP(=O)(O)OP(=O)(O)OP(=O)(O)O)O4)c(=O)[nH]c3=O)c3ccc(S(=O)(=O)O)cc3C2(C)C)C(C)(C)c2cc(S(=O)(=O)[O-])ccc21. The van der Waals surface area contributed by atoms with Crippen LogP contribution in [0.3, 0.4) is 0 Å². The lowest BCUT2D eigenvalue weighted by molar-refractivity contribution is -0.438. The van der Waals surface area contributed by atoms with Gasteiger partial charge in [0.25, 0.3) is 15.7 Å². The maximum atomic E-state index is 12.8. The molecule has 2 aromatic carbocycles. The summed E-state index contributed by atoms with van der Waals surface area (Å²) < 4.78 is 125. The van der Waals surface area contributed by atoms with E-state index in [1.165, 1.54) is 36.4 Å². The van der Waals surface area contributed by atoms with Gasteiger partial charge in [0.2, 0.25) is 11.6 Å². The zero-order valence-corrected chi connectivity index (χ0v) is 44.6. The Morgan fingerprint density at radius 3 is 2.27 bits per heavy atom. The van der Waals surface area contributed by atoms with E-state index < -0.39 is 90.8 Å². The first-order valence-corrected chi connectivity index (χ1v) is 30.0. The Hall–Kier alpha value is -4.57. The van der Waals surface area contributed by atoms with Crippen molar-refractivity contribution in [1.82, 2.24) is 14.9 Å². The fraction of sp³-hybridized carbons (Fsp3) is 0.442. The van der Waals surface area contributed by atoms with E-state index in [0.717, 1.165) is 33.5 Å². The monoisotopic (exact) mass is 1140 g/mol. The van der Waals surface area contributed by atoms with Crippen LogP contribution in [-0.4, -0.2) is 115 Å². The van der Waals surface area contributed by atoms with Crippen molar-refractivity contribution in [3.63, 3.8) is 0 Å². The molecule has 406 valence electrons. The third kappa shape index (κ3) is 13.9. The van der Waals surface area contributed by atoms with Crippen molar-refractivity contribution < 1.29 is 91.6 Å². The van der Waals surface area contributed by atoms with E-state index in [0.29, 0.717) is 43.5 Å². The number of anilines is 1. The number of aliphatic hydroxyl groups is 1. The van der Waals surface area contributed by atoms with Crippen LogP contribution in [0.4, 0.5) is 11.4 Å². The van der Waals surface area contributed by atoms with Crippen LogP contribution in [0.1, 0.15) is 89.6 Å². The first-order chi connectivity index (χ1) is 34.1. The number of aliphatic hydroxyl groups excluding tert-OH is 1. The Labute approximate surface area is 424 Å². The molecule has 1 aromatic heterocycles. The Bertz CT molecular complexity index is 3330. The molecular weight excluding hydrogens is 1080 g/mol. The molecule has 5 atom stereocenters. The zero-order chi connectivity index (χ0) is 55.0. The third-order valence-corrected chi connectivity index (χ3v) is 17.9. The van der Waals surface area contributed by atoms with Crippen molar-refractivity contribution >= 4 is 72.8 Å². The summed E-state index contributed by atoms with van der Waals surface area (Å²) in [6, 6.07) is 8.76. The van der Waals surface area contributed by atoms with Gasteiger partial charge in [-0.1, -0.05) is 32.1 Å². The van der Waals surface area contributed by atoms with Gasteiger partial charge in [-0.3, -0.25) is 28.2 Å². The fourth-order valence-corrected chi connectivity index (χ4v) is 13.0. The van der Waals surface area contributed by atoms with E-state index >= 15 is 0 Å². The molecule has 3 aromatic rings. The van der Waals surface area contributed by atoms with Gasteiger partial charge in [-0.25, -0.2) is 26.9 Å². The summed E-state index contributed by atoms with van der Waals surface area (Å²) >= 11 is 0. The van der Waals surface area contributed by atoms with Crippen LogP contribution >= 0.6 is 23.5 Å². The summed E-state index contributed by atoms with van der Waals surface area (Å²) in [7, 11) is -26.2. The molecular formula is C43H56N5O21P3S2. The molecule has 1 amide bonds. The molecule has 1 saturated heterocycles. The van der Waals surface area contributed by atoms with Crippen molar-refractivity contribution in [3.05, 3.63) is 110 Å². The van der Waals surface area contributed by atoms with Crippen LogP contribution in [0, 0.1) is 0 Å². The van der Waals surface area contributed by atoms with Crippen LogP contribution in [0.5, 0.6) is 0 Å². The van der Waals surface area contributed by atoms with Crippen LogP contribution in [-0.2, 0) is 67.4 Å². The predicted molar refractivity (Wildman–Crippen MR) is 263 cm³/mol. The molecule has 3 aliphatic rings. The summed E-state index contributed by atoms with van der Waals surface area (Å²) in [6.07, 6.45) is 6.89. The summed E-state index contributed by atoms with van der Waals surface area (Å²) in [5.41, 5.74) is 1.25. The standard InChI is InChI=1S/C43H56N5O21P3S2/c1-6-46-32-18-16-28(73(60,61)62)22-30(32)42(2,3)36(46)13-10-14-37-43(4,5)31-23-29(74(63,64)65)17-19-33(31)47(37)21-9-7-8-15-38(50)44-20-11-12-27-25-48(41(52)45-40(27)51)39-24-34(49)35(67-39)26-66-71(56,57)69-72(58,59)68-70(53,54)55/h10-14,16-19,22-23,25,34-35,39,49H,6-9,15,20-21,24,26H2,1-5H3,(H7-,44,45,50,51,52,53,54,55,56,57,58,59,60,61,62,63,64,65)/t34-,35+,39+/m0/s1. The number of nitrogens with one attached hydrogen (secondary N) is 2. The molecule has 3 aliphatic heterocycles. The van der Waals surface area contributed by atoms with E-state index in [-0.39, 0.29) is 40.6 Å². The number of phosphoric acid groups is 3. The molecule has 26 nitrogen and oxygen atoms in total. The van der Waals surface area contributed by atoms with E-state index in [1.807, 2.05) is 57.7 Å². The van der Waals surface area contributed by atoms with Crippen molar-refractivity contribution in [1.29, 1.82) is 0 Å². The molecule has 31 heteroatoms. The first-order valence-electron chi connectivity index (χ1n) is 22.6. The van der Waals surface area contributed by atoms with Crippen molar-refractivity contribution in [2.45, 2.75) is 106 Å². The number of unbranched alkanes of at least 4 members (excludes halogenated alkanes) is 2. The number of aromatic amines is 1. The lowest BCUT2D eigenvalue weighted by atomic mass is 9.81. The van der Waals surface area contributed by atoms with Crippen molar-refractivity contribution in [3.8, 4) is 0 Å². The van der Waals surface area contributed by atoms with E-state index in [4.69, 9.17) is 14.5 Å². The number of H-pyrrole nitrogens is 1. The number of phosphoric ester groups is 1. The highest BCUT2D eigenvalue weighted by Gasteiger charge is 2.46. The quantitative estimate of drug-likeness (QED) is 0.0308. The predicted octanol–water partition coefficient (Wildman–Crippen LogP) is 3.70. The van der Waals surface area contributed by atoms with Crippen LogP contribution in [0.15, 0.2) is 92.0 Å². The summed E-state index contributed by atoms with van der Waals surface area (Å²) in [5.74, 6) is -0.304. The number of fused-ring (bicyclic) bond motifs is 2. The molecule has 6 rings (SSSR count). The van der Waals surface area contributed by atoms with Gasteiger partial charge in [0.05, 0.1) is 33.5 Å². The summed E-state index contributed by atoms with van der Waals surface area (Å²) in [6.45, 7) is 9.70. The number of rotatable bonds is 22. The van der Waals surface area contributed by atoms with Gasteiger partial charge < -0.3 is 44.2 Å². The van der Waals surface area contributed by atoms with Gasteiger partial charge in [0.1, 0.15) is 29.0 Å². The number of aromatic nitrogens is 2. The lowest BCUT2D eigenvalue weighted by Gasteiger charge is -2.25. The Morgan fingerprint density at radius 2 is 1.62 bits per heavy atom. The van der Waals surface area contributed by atoms with Gasteiger partial charge >= 0.3 is 29.2 Å². The van der Waals surface area contributed by atoms with E-state index in [9.17, 15) is 68.9 Å². The van der Waals surface area contributed by atoms with Crippen molar-refractivity contribution in [2.24, 2.45) is 0 Å². The smallest absolute Gasteiger partial charge is 0.490 e. The molecule has 2 unspecified atom stereocenters. The number of amides is 1. The van der Waals surface area contributed by atoms with Gasteiger partial charge in [0.15, 0.2) is 5.71 Å². The van der Waals surface area contributed by atoms with Gasteiger partial charge in [-0.15, -0.1) is 0 Å². The molecule has 4 heterocycles. The number of ether oxygens (including phenoxy) is 1. The average molecular weight is 1140 g/mol. The van der Waals surface area contributed by atoms with E-state index in [2.05, 4.69) is 28.0 Å². The Balaban J connectivity index is 1.06. The van der Waals surface area contributed by atoms with Gasteiger partial charge in [0, 0.05) is 73.1 Å². The number of hydrogen-bond donors (Lipinski definition) is 8. The van der Waals surface area contributed by atoms with Crippen LogP contribution in [0.2, 0.25) is 0 Å². The molecule has 8 N–H and O–H groups in total. The molecule has 0 spiro atoms. The molecule has 0 saturated carbocycles. The van der Waals surface area contributed by atoms with Gasteiger partial charge in [-0.2, -0.15) is 21.6 Å². The minimum absolute atomic E-state index is 0.0207. The highest BCUT2D eigenvalue weighted by atomic mass is 32.2. The first kappa shape index (κ1) is 58.7. The normalized spacial score (nSPS) is 21.9. The topological polar surface area (TPSA) is 391 Å². The number of nitrogens with zero attached hydrogens (tertiary/aromatic N) is 3. The minimum atomic E-state index is -5.80. The molecule has 74 heavy (non-hydrogen) atoms. The van der Waals surface area contributed by atoms with Crippen molar-refractivity contribution in [2.75, 3.05) is 31.1 Å².